The summed E-state index contributed by atoms with van der Waals surface area (Å²) in [5, 5.41) is 2.84. The Bertz CT molecular complexity index is 785. The molecule has 3 aliphatic rings. The van der Waals surface area contributed by atoms with Crippen LogP contribution in [0.25, 0.3) is 0 Å². The number of hydrogen-bond acceptors (Lipinski definition) is 7. The van der Waals surface area contributed by atoms with Crippen LogP contribution >= 0.6 is 0 Å². The van der Waals surface area contributed by atoms with Crippen LogP contribution in [0.15, 0.2) is 28.5 Å². The van der Waals surface area contributed by atoms with E-state index in [1.54, 1.807) is 16.7 Å². The van der Waals surface area contributed by atoms with E-state index in [0.29, 0.717) is 30.5 Å². The van der Waals surface area contributed by atoms with Crippen LogP contribution in [0.3, 0.4) is 0 Å². The Kier molecular flexibility index (Phi) is 5.15. The Morgan fingerprint density at radius 1 is 1.34 bits per heavy atom. The number of hydrogen-bond donors (Lipinski definition) is 1. The number of carbonyl (C=O) groups excluding carboxylic acids is 1. The first-order valence-electron chi connectivity index (χ1n) is 9.30. The Labute approximate surface area is 164 Å². The van der Waals surface area contributed by atoms with Crippen LogP contribution in [0.2, 0.25) is 0 Å². The van der Waals surface area contributed by atoms with E-state index < -0.39 is 30.2 Å². The van der Waals surface area contributed by atoms with Crippen LogP contribution in [-0.2, 0) is 16.1 Å². The second kappa shape index (κ2) is 7.48. The maximum Gasteiger partial charge on any atom is 0.409 e. The van der Waals surface area contributed by atoms with Crippen molar-refractivity contribution < 1.29 is 31.5 Å². The van der Waals surface area contributed by atoms with E-state index in [9.17, 15) is 22.4 Å². The molecule has 2 saturated heterocycles. The number of carbonyl (C=O) groups is 1. The van der Waals surface area contributed by atoms with Gasteiger partial charge < -0.3 is 19.4 Å². The highest BCUT2D eigenvalue weighted by Gasteiger charge is 2.55. The molecular formula is C17H21F4N5O3. The summed E-state index contributed by atoms with van der Waals surface area (Å²) in [6, 6.07) is -2.32. The number of morpholine rings is 1. The minimum atomic E-state index is -4.67. The number of fused-ring (bicyclic) bond motifs is 1. The minimum absolute atomic E-state index is 0.0293. The smallest absolute Gasteiger partial charge is 0.409 e. The van der Waals surface area contributed by atoms with Crippen molar-refractivity contribution in [3.05, 3.63) is 30.0 Å². The van der Waals surface area contributed by atoms with Crippen molar-refractivity contribution in [3.63, 3.8) is 0 Å². The van der Waals surface area contributed by atoms with E-state index in [2.05, 4.69) is 10.3 Å². The van der Waals surface area contributed by atoms with E-state index in [1.165, 1.54) is 12.5 Å². The molecule has 1 unspecified atom stereocenters. The summed E-state index contributed by atoms with van der Waals surface area (Å²) in [4.78, 5) is 20.5. The number of alkyl halides is 3. The maximum absolute atomic E-state index is 15.0. The second-order valence-corrected chi connectivity index (χ2v) is 7.25. The van der Waals surface area contributed by atoms with Gasteiger partial charge in [-0.15, -0.1) is 0 Å². The van der Waals surface area contributed by atoms with Crippen LogP contribution in [0.5, 0.6) is 0 Å². The predicted octanol–water partition coefficient (Wildman–Crippen LogP) is 1.39. The standard InChI is InChI=1S/C17H21F4N5O3/c1-10-9-28-7-5-25(10)14-13(18)15(27)26-11(17(19,20)21)2-4-24(16(26)23-14)8-12-22-3-6-29-12/h3,6,10-11,16,23H,2,4-5,7-9H2,1H3/t10-,11-,16?/m1/s1. The highest BCUT2D eigenvalue weighted by atomic mass is 19.4. The normalized spacial score (nSPS) is 29.1. The van der Waals surface area contributed by atoms with Crippen LogP contribution < -0.4 is 5.32 Å². The van der Waals surface area contributed by atoms with Gasteiger partial charge in [0.25, 0.3) is 5.91 Å². The summed E-state index contributed by atoms with van der Waals surface area (Å²) >= 11 is 0. The first kappa shape index (κ1) is 20.0. The molecule has 1 aromatic heterocycles. The molecule has 0 spiro atoms. The van der Waals surface area contributed by atoms with E-state index in [-0.39, 0.29) is 31.4 Å². The molecular weight excluding hydrogens is 398 g/mol. The van der Waals surface area contributed by atoms with Crippen LogP contribution in [0.1, 0.15) is 19.2 Å². The lowest BCUT2D eigenvalue weighted by Crippen LogP contribution is -2.71. The van der Waals surface area contributed by atoms with Crippen LogP contribution in [-0.4, -0.2) is 76.4 Å². The predicted molar refractivity (Wildman–Crippen MR) is 90.3 cm³/mol. The molecule has 2 fully saturated rings. The molecule has 8 nitrogen and oxygen atoms in total. The third-order valence-corrected chi connectivity index (χ3v) is 5.39. The van der Waals surface area contributed by atoms with Crippen molar-refractivity contribution in [2.45, 2.75) is 44.4 Å². The van der Waals surface area contributed by atoms with Gasteiger partial charge >= 0.3 is 6.18 Å². The molecule has 0 aromatic carbocycles. The molecule has 0 bridgehead atoms. The second-order valence-electron chi connectivity index (χ2n) is 7.25. The average Bonchev–Trinajstić information content (AvgIpc) is 3.18. The summed E-state index contributed by atoms with van der Waals surface area (Å²) in [5.41, 5.74) is 0. The quantitative estimate of drug-likeness (QED) is 0.743. The molecule has 3 aliphatic heterocycles. The van der Waals surface area contributed by atoms with Gasteiger partial charge in [-0.3, -0.25) is 14.6 Å². The van der Waals surface area contributed by atoms with Crippen molar-refractivity contribution in [2.75, 3.05) is 26.3 Å². The van der Waals surface area contributed by atoms with E-state index in [1.807, 2.05) is 0 Å². The van der Waals surface area contributed by atoms with E-state index in [0.717, 1.165) is 0 Å². The lowest BCUT2D eigenvalue weighted by Gasteiger charge is -2.52. The molecule has 0 radical (unpaired) electrons. The van der Waals surface area contributed by atoms with Crippen molar-refractivity contribution in [1.29, 1.82) is 0 Å². The van der Waals surface area contributed by atoms with Gasteiger partial charge in [0.05, 0.1) is 32.0 Å². The number of rotatable bonds is 3. The minimum Gasteiger partial charge on any atom is -0.448 e. The SMILES string of the molecule is C[C@@H]1COCCN1C1=C(F)C(=O)N2C(N1)N(Cc1ncco1)CC[C@@H]2C(F)(F)F. The monoisotopic (exact) mass is 419 g/mol. The number of amides is 1. The Morgan fingerprint density at radius 3 is 2.79 bits per heavy atom. The summed E-state index contributed by atoms with van der Waals surface area (Å²) in [6.45, 7) is 2.87. The summed E-state index contributed by atoms with van der Waals surface area (Å²) in [6.07, 6.45) is -3.44. The number of oxazole rings is 1. The fraction of sp³-hybridized carbons (Fsp3) is 0.647. The number of ether oxygens (including phenoxy) is 1. The first-order chi connectivity index (χ1) is 13.8. The zero-order valence-corrected chi connectivity index (χ0v) is 15.7. The lowest BCUT2D eigenvalue weighted by atomic mass is 10.1. The fourth-order valence-electron chi connectivity index (χ4n) is 3.97. The van der Waals surface area contributed by atoms with Crippen LogP contribution in [0, 0.1) is 0 Å². The van der Waals surface area contributed by atoms with Crippen LogP contribution in [0.4, 0.5) is 17.6 Å². The van der Waals surface area contributed by atoms with Crippen molar-refractivity contribution in [2.24, 2.45) is 0 Å². The summed E-state index contributed by atoms with van der Waals surface area (Å²) in [5.74, 6) is -2.31. The van der Waals surface area contributed by atoms with Gasteiger partial charge in [0.15, 0.2) is 6.29 Å². The zero-order chi connectivity index (χ0) is 20.8. The number of nitrogens with zero attached hydrogens (tertiary/aromatic N) is 4. The molecule has 4 rings (SSSR count). The van der Waals surface area contributed by atoms with Gasteiger partial charge in [-0.05, 0) is 13.3 Å². The van der Waals surface area contributed by atoms with E-state index in [4.69, 9.17) is 9.15 Å². The number of aromatic nitrogens is 1. The highest BCUT2D eigenvalue weighted by Crippen LogP contribution is 2.37. The third kappa shape index (κ3) is 3.66. The Morgan fingerprint density at radius 2 is 2.14 bits per heavy atom. The van der Waals surface area contributed by atoms with Gasteiger partial charge in [0.1, 0.15) is 18.1 Å². The average molecular weight is 419 g/mol. The van der Waals surface area contributed by atoms with Gasteiger partial charge in [0.2, 0.25) is 11.7 Å². The molecule has 160 valence electrons. The molecule has 0 saturated carbocycles. The molecule has 1 N–H and O–H groups in total. The van der Waals surface area contributed by atoms with Gasteiger partial charge in [-0.2, -0.15) is 17.6 Å². The molecule has 4 heterocycles. The van der Waals surface area contributed by atoms with E-state index >= 15 is 0 Å². The highest BCUT2D eigenvalue weighted by molar-refractivity contribution is 5.93. The Hall–Kier alpha value is -2.34. The fourth-order valence-corrected chi connectivity index (χ4v) is 3.97. The molecule has 29 heavy (non-hydrogen) atoms. The van der Waals surface area contributed by atoms with Gasteiger partial charge in [-0.25, -0.2) is 4.98 Å². The van der Waals surface area contributed by atoms with Gasteiger partial charge in [0, 0.05) is 13.1 Å². The molecule has 12 heteroatoms. The molecule has 0 aliphatic carbocycles. The zero-order valence-electron chi connectivity index (χ0n) is 15.7. The topological polar surface area (TPSA) is 74.1 Å². The largest absolute Gasteiger partial charge is 0.448 e. The van der Waals surface area contributed by atoms with Crippen molar-refractivity contribution >= 4 is 5.91 Å². The molecule has 1 amide bonds. The number of nitrogens with one attached hydrogen (secondary N) is 1. The van der Waals surface area contributed by atoms with Crippen molar-refractivity contribution in [3.8, 4) is 0 Å². The molecule has 1 aromatic rings. The lowest BCUT2D eigenvalue weighted by molar-refractivity contribution is -0.221. The molecule has 3 atom stereocenters. The Balaban J connectivity index is 1.69. The third-order valence-electron chi connectivity index (χ3n) is 5.39. The van der Waals surface area contributed by atoms with Gasteiger partial charge in [-0.1, -0.05) is 0 Å². The first-order valence-corrected chi connectivity index (χ1v) is 9.30. The summed E-state index contributed by atoms with van der Waals surface area (Å²) < 4.78 is 66.3. The maximum atomic E-state index is 15.0. The number of halogens is 4. The summed E-state index contributed by atoms with van der Waals surface area (Å²) in [7, 11) is 0. The van der Waals surface area contributed by atoms with Crippen molar-refractivity contribution in [1.82, 2.24) is 25.0 Å².